The Kier molecular flexibility index (Phi) is 6.19. The predicted molar refractivity (Wildman–Crippen MR) is 117 cm³/mol. The second-order valence-electron chi connectivity index (χ2n) is 8.18. The molecule has 1 aromatic carbocycles. The predicted octanol–water partition coefficient (Wildman–Crippen LogP) is 5.76. The summed E-state index contributed by atoms with van der Waals surface area (Å²) < 4.78 is 53.3. The highest BCUT2D eigenvalue weighted by atomic mass is 19.4. The minimum atomic E-state index is -4.51. The van der Waals surface area contributed by atoms with E-state index in [-0.39, 0.29) is 5.91 Å². The Morgan fingerprint density at radius 3 is 2.64 bits per heavy atom. The van der Waals surface area contributed by atoms with E-state index in [1.165, 1.54) is 30.5 Å². The van der Waals surface area contributed by atoms with Crippen LogP contribution in [0.2, 0.25) is 0 Å². The molecule has 1 amide bonds. The summed E-state index contributed by atoms with van der Waals surface area (Å²) in [5, 5.41) is 2.91. The van der Waals surface area contributed by atoms with Crippen molar-refractivity contribution in [2.24, 2.45) is 4.99 Å². The standard InChI is InChI=1S/C25H23F4N3O/c1-2-21(31-23(33)16-6-9-20(26)10-7-16)22-11-8-17-5-3-4-12-24(17,32-22)18-13-19(15-30-14-18)25(27,28)29/h5-11,13-15,21H,2-4,12H2,1H3,(H,31,33). The Labute approximate surface area is 189 Å². The summed E-state index contributed by atoms with van der Waals surface area (Å²) in [4.78, 5) is 21.5. The first kappa shape index (κ1) is 22.9. The zero-order valence-corrected chi connectivity index (χ0v) is 18.0. The molecule has 1 aliphatic carbocycles. The first-order chi connectivity index (χ1) is 15.7. The average molecular weight is 457 g/mol. The summed E-state index contributed by atoms with van der Waals surface area (Å²) in [6.07, 6.45) is 6.05. The van der Waals surface area contributed by atoms with Crippen molar-refractivity contribution in [3.05, 3.63) is 89.0 Å². The lowest BCUT2D eigenvalue weighted by Crippen LogP contribution is -2.43. The number of amides is 1. The van der Waals surface area contributed by atoms with Gasteiger partial charge in [-0.15, -0.1) is 0 Å². The summed E-state index contributed by atoms with van der Waals surface area (Å²) >= 11 is 0. The molecule has 1 N–H and O–H groups in total. The van der Waals surface area contributed by atoms with Crippen LogP contribution in [0.3, 0.4) is 0 Å². The zero-order chi connectivity index (χ0) is 23.6. The molecule has 8 heteroatoms. The lowest BCUT2D eigenvalue weighted by atomic mass is 9.74. The monoisotopic (exact) mass is 457 g/mol. The third-order valence-electron chi connectivity index (χ3n) is 6.06. The Morgan fingerprint density at radius 1 is 1.18 bits per heavy atom. The molecule has 4 nitrogen and oxygen atoms in total. The largest absolute Gasteiger partial charge is 0.417 e. The number of dihydropyridines is 1. The number of benzene rings is 1. The molecule has 2 heterocycles. The van der Waals surface area contributed by atoms with E-state index in [2.05, 4.69) is 10.3 Å². The Morgan fingerprint density at radius 2 is 1.94 bits per heavy atom. The van der Waals surface area contributed by atoms with E-state index >= 15 is 0 Å². The summed E-state index contributed by atoms with van der Waals surface area (Å²) in [6, 6.07) is 5.87. The van der Waals surface area contributed by atoms with Crippen molar-refractivity contribution in [1.82, 2.24) is 10.3 Å². The third-order valence-corrected chi connectivity index (χ3v) is 6.06. The SMILES string of the molecule is CCC(NC(=O)c1ccc(F)cc1)C1=NC2(c3cncc(C(F)(F)F)c3)CCCC=C2C=C1. The molecular weight excluding hydrogens is 434 g/mol. The number of allylic oxidation sites excluding steroid dienone is 1. The second kappa shape index (κ2) is 8.92. The molecule has 172 valence electrons. The average Bonchev–Trinajstić information content (AvgIpc) is 2.82. The molecule has 2 unspecified atom stereocenters. The lowest BCUT2D eigenvalue weighted by Gasteiger charge is -2.38. The number of aliphatic imine (C=N–C) groups is 1. The smallest absolute Gasteiger partial charge is 0.344 e. The van der Waals surface area contributed by atoms with Crippen LogP contribution in [0.5, 0.6) is 0 Å². The van der Waals surface area contributed by atoms with Crippen molar-refractivity contribution in [2.75, 3.05) is 0 Å². The van der Waals surface area contributed by atoms with Crippen LogP contribution in [-0.2, 0) is 11.7 Å². The molecule has 33 heavy (non-hydrogen) atoms. The van der Waals surface area contributed by atoms with Gasteiger partial charge in [0.25, 0.3) is 5.91 Å². The molecule has 2 atom stereocenters. The number of hydrogen-bond acceptors (Lipinski definition) is 3. The number of aromatic nitrogens is 1. The van der Waals surface area contributed by atoms with Crippen molar-refractivity contribution >= 4 is 11.6 Å². The fourth-order valence-corrected chi connectivity index (χ4v) is 4.31. The van der Waals surface area contributed by atoms with Crippen molar-refractivity contribution in [2.45, 2.75) is 50.4 Å². The summed E-state index contributed by atoms with van der Waals surface area (Å²) in [5.74, 6) is -0.816. The normalized spacial score (nSPS) is 21.0. The van der Waals surface area contributed by atoms with Crippen molar-refractivity contribution in [3.63, 3.8) is 0 Å². The molecule has 0 fully saturated rings. The van der Waals surface area contributed by atoms with Gasteiger partial charge < -0.3 is 5.32 Å². The molecule has 1 aromatic heterocycles. The minimum absolute atomic E-state index is 0.310. The van der Waals surface area contributed by atoms with Gasteiger partial charge in [-0.1, -0.05) is 19.1 Å². The topological polar surface area (TPSA) is 54.4 Å². The van der Waals surface area contributed by atoms with Gasteiger partial charge in [-0.05, 0) is 67.7 Å². The minimum Gasteiger partial charge on any atom is -0.344 e. The highest BCUT2D eigenvalue weighted by Gasteiger charge is 2.41. The Hall–Kier alpha value is -3.29. The van der Waals surface area contributed by atoms with E-state index in [0.29, 0.717) is 29.7 Å². The molecule has 4 rings (SSSR count). The van der Waals surface area contributed by atoms with Crippen LogP contribution < -0.4 is 5.32 Å². The van der Waals surface area contributed by atoms with Crippen molar-refractivity contribution in [3.8, 4) is 0 Å². The highest BCUT2D eigenvalue weighted by molar-refractivity contribution is 6.05. The fourth-order valence-electron chi connectivity index (χ4n) is 4.31. The molecule has 2 aromatic rings. The van der Waals surface area contributed by atoms with Gasteiger partial charge in [0.2, 0.25) is 0 Å². The summed E-state index contributed by atoms with van der Waals surface area (Å²) in [6.45, 7) is 1.89. The maximum Gasteiger partial charge on any atom is 0.417 e. The van der Waals surface area contributed by atoms with E-state index < -0.39 is 29.1 Å². The number of carbonyl (C=O) groups is 1. The highest BCUT2D eigenvalue weighted by Crippen LogP contribution is 2.45. The number of nitrogens with zero attached hydrogens (tertiary/aromatic N) is 2. The van der Waals surface area contributed by atoms with Gasteiger partial charge in [0, 0.05) is 23.5 Å². The third kappa shape index (κ3) is 4.60. The molecule has 2 aliphatic rings. The number of rotatable bonds is 5. The Bertz CT molecular complexity index is 1140. The maximum absolute atomic E-state index is 13.4. The van der Waals surface area contributed by atoms with Gasteiger partial charge in [-0.2, -0.15) is 13.2 Å². The van der Waals surface area contributed by atoms with Crippen LogP contribution in [0.1, 0.15) is 54.1 Å². The van der Waals surface area contributed by atoms with Gasteiger partial charge in [-0.25, -0.2) is 4.39 Å². The van der Waals surface area contributed by atoms with Crippen LogP contribution >= 0.6 is 0 Å². The fraction of sp³-hybridized carbons (Fsp3) is 0.320. The second-order valence-corrected chi connectivity index (χ2v) is 8.18. The van der Waals surface area contributed by atoms with Gasteiger partial charge in [0.15, 0.2) is 0 Å². The quantitative estimate of drug-likeness (QED) is 0.580. The molecular formula is C25H23F4N3O. The van der Waals surface area contributed by atoms with Crippen LogP contribution in [0.25, 0.3) is 0 Å². The maximum atomic E-state index is 13.4. The van der Waals surface area contributed by atoms with E-state index in [1.807, 2.05) is 19.1 Å². The number of alkyl halides is 3. The van der Waals surface area contributed by atoms with Crippen LogP contribution in [0.15, 0.2) is 71.5 Å². The molecule has 0 saturated heterocycles. The Balaban J connectivity index is 1.70. The first-order valence-corrected chi connectivity index (χ1v) is 10.8. The number of halogens is 4. The van der Waals surface area contributed by atoms with Gasteiger partial charge in [-0.3, -0.25) is 14.8 Å². The summed E-state index contributed by atoms with van der Waals surface area (Å²) in [5.41, 5.74) is 0.296. The van der Waals surface area contributed by atoms with Gasteiger partial charge >= 0.3 is 6.18 Å². The summed E-state index contributed by atoms with van der Waals surface area (Å²) in [7, 11) is 0. The molecule has 1 aliphatic heterocycles. The number of pyridine rings is 1. The number of carbonyl (C=O) groups excluding carboxylic acids is 1. The number of fused-ring (bicyclic) bond motifs is 1. The van der Waals surface area contributed by atoms with Crippen molar-refractivity contribution < 1.29 is 22.4 Å². The van der Waals surface area contributed by atoms with E-state index in [0.717, 1.165) is 30.7 Å². The van der Waals surface area contributed by atoms with Crippen LogP contribution in [0, 0.1) is 5.82 Å². The lowest BCUT2D eigenvalue weighted by molar-refractivity contribution is -0.137. The van der Waals surface area contributed by atoms with E-state index in [1.54, 1.807) is 6.08 Å². The van der Waals surface area contributed by atoms with Crippen LogP contribution in [-0.4, -0.2) is 22.6 Å². The van der Waals surface area contributed by atoms with Gasteiger partial charge in [0.1, 0.15) is 11.4 Å². The molecule has 0 spiro atoms. The van der Waals surface area contributed by atoms with Crippen molar-refractivity contribution in [1.29, 1.82) is 0 Å². The molecule has 0 saturated carbocycles. The van der Waals surface area contributed by atoms with Crippen LogP contribution in [0.4, 0.5) is 17.6 Å². The first-order valence-electron chi connectivity index (χ1n) is 10.8. The zero-order valence-electron chi connectivity index (χ0n) is 18.0. The van der Waals surface area contributed by atoms with Gasteiger partial charge in [0.05, 0.1) is 17.3 Å². The van der Waals surface area contributed by atoms with E-state index in [4.69, 9.17) is 4.99 Å². The number of hydrogen-bond donors (Lipinski definition) is 1. The molecule has 0 radical (unpaired) electrons. The molecule has 0 bridgehead atoms. The van der Waals surface area contributed by atoms with E-state index in [9.17, 15) is 22.4 Å². The number of nitrogens with one attached hydrogen (secondary N) is 1.